The van der Waals surface area contributed by atoms with E-state index in [0.717, 1.165) is 26.1 Å². The van der Waals surface area contributed by atoms with Gasteiger partial charge in [-0.25, -0.2) is 0 Å². The molecule has 0 aromatic rings. The van der Waals surface area contributed by atoms with Crippen molar-refractivity contribution in [3.05, 3.63) is 0 Å². The second-order valence-electron chi connectivity index (χ2n) is 4.57. The molecule has 0 amide bonds. The molecule has 0 bridgehead atoms. The third-order valence-corrected chi connectivity index (χ3v) is 2.91. The Hall–Kier alpha value is -0.570. The van der Waals surface area contributed by atoms with Crippen molar-refractivity contribution in [2.45, 2.75) is 33.6 Å². The number of carbonyl (C=O) groups excluding carboxylic acids is 1. The number of esters is 1. The average Bonchev–Trinajstić information content (AvgIpc) is 2.66. The van der Waals surface area contributed by atoms with Crippen molar-refractivity contribution in [2.24, 2.45) is 11.3 Å². The Morgan fingerprint density at radius 2 is 2.29 bits per heavy atom. The van der Waals surface area contributed by atoms with E-state index in [-0.39, 0.29) is 11.4 Å². The van der Waals surface area contributed by atoms with Gasteiger partial charge in [0.05, 0.1) is 18.6 Å². The number of hydrogen-bond acceptors (Lipinski definition) is 3. The molecule has 0 saturated carbocycles. The Morgan fingerprint density at radius 3 is 2.79 bits per heavy atom. The van der Waals surface area contributed by atoms with Crippen LogP contribution in [0.3, 0.4) is 0 Å². The summed E-state index contributed by atoms with van der Waals surface area (Å²) in [4.78, 5) is 11.6. The van der Waals surface area contributed by atoms with Crippen LogP contribution in [0.1, 0.15) is 33.6 Å². The van der Waals surface area contributed by atoms with Crippen LogP contribution in [-0.2, 0) is 14.3 Å². The maximum Gasteiger partial charge on any atom is 0.311 e. The van der Waals surface area contributed by atoms with E-state index in [1.165, 1.54) is 0 Å². The van der Waals surface area contributed by atoms with Crippen LogP contribution in [-0.4, -0.2) is 25.8 Å². The second-order valence-corrected chi connectivity index (χ2v) is 4.57. The van der Waals surface area contributed by atoms with Crippen LogP contribution in [0.4, 0.5) is 0 Å². The molecule has 1 atom stereocenters. The highest BCUT2D eigenvalue weighted by Gasteiger charge is 2.28. The molecule has 0 aromatic heterocycles. The molecule has 3 heteroatoms. The summed E-state index contributed by atoms with van der Waals surface area (Å²) < 4.78 is 10.5. The summed E-state index contributed by atoms with van der Waals surface area (Å²) in [5.74, 6) is 0.318. The van der Waals surface area contributed by atoms with Crippen molar-refractivity contribution >= 4 is 5.97 Å². The zero-order valence-electron chi connectivity index (χ0n) is 9.34. The van der Waals surface area contributed by atoms with E-state index in [2.05, 4.69) is 0 Å². The maximum atomic E-state index is 11.6. The molecular formula is C11H20O3. The topological polar surface area (TPSA) is 35.5 Å². The molecule has 0 aromatic carbocycles. The van der Waals surface area contributed by atoms with E-state index < -0.39 is 0 Å². The first-order valence-corrected chi connectivity index (χ1v) is 5.31. The monoisotopic (exact) mass is 200 g/mol. The lowest BCUT2D eigenvalue weighted by Gasteiger charge is -2.21. The zero-order valence-corrected chi connectivity index (χ0v) is 9.34. The SMILES string of the molecule is CCC(C)(C)C(=O)OCC1CCOC1. The fourth-order valence-electron chi connectivity index (χ4n) is 1.25. The lowest BCUT2D eigenvalue weighted by atomic mass is 9.91. The van der Waals surface area contributed by atoms with Gasteiger partial charge in [0.25, 0.3) is 0 Å². The summed E-state index contributed by atoms with van der Waals surface area (Å²) in [6.07, 6.45) is 1.83. The third-order valence-electron chi connectivity index (χ3n) is 2.91. The van der Waals surface area contributed by atoms with E-state index in [1.54, 1.807) is 0 Å². The fourth-order valence-corrected chi connectivity index (χ4v) is 1.25. The number of hydrogen-bond donors (Lipinski definition) is 0. The number of ether oxygens (including phenoxy) is 2. The van der Waals surface area contributed by atoms with Gasteiger partial charge >= 0.3 is 5.97 Å². The molecule has 1 fully saturated rings. The summed E-state index contributed by atoms with van der Waals surface area (Å²) in [7, 11) is 0. The summed E-state index contributed by atoms with van der Waals surface area (Å²) in [5.41, 5.74) is -0.348. The van der Waals surface area contributed by atoms with Gasteiger partial charge in [-0.15, -0.1) is 0 Å². The van der Waals surface area contributed by atoms with Crippen LogP contribution in [0.5, 0.6) is 0 Å². The molecule has 14 heavy (non-hydrogen) atoms. The lowest BCUT2D eigenvalue weighted by molar-refractivity contribution is -0.155. The van der Waals surface area contributed by atoms with Gasteiger partial charge in [-0.2, -0.15) is 0 Å². The Bertz CT molecular complexity index is 193. The summed E-state index contributed by atoms with van der Waals surface area (Å²) in [6, 6.07) is 0. The van der Waals surface area contributed by atoms with Crippen molar-refractivity contribution < 1.29 is 14.3 Å². The predicted octanol–water partition coefficient (Wildman–Crippen LogP) is 2.00. The third kappa shape index (κ3) is 2.98. The minimum atomic E-state index is -0.348. The predicted molar refractivity (Wildman–Crippen MR) is 54.0 cm³/mol. The minimum absolute atomic E-state index is 0.0908. The van der Waals surface area contributed by atoms with Crippen molar-refractivity contribution in [1.82, 2.24) is 0 Å². The van der Waals surface area contributed by atoms with Gasteiger partial charge in [-0.05, 0) is 26.7 Å². The molecule has 82 valence electrons. The summed E-state index contributed by atoms with van der Waals surface area (Å²) in [6.45, 7) is 7.89. The standard InChI is InChI=1S/C11H20O3/c1-4-11(2,3)10(12)14-8-9-5-6-13-7-9/h9H,4-8H2,1-3H3. The highest BCUT2D eigenvalue weighted by atomic mass is 16.5. The molecular weight excluding hydrogens is 180 g/mol. The maximum absolute atomic E-state index is 11.6. The van der Waals surface area contributed by atoms with Gasteiger partial charge in [-0.3, -0.25) is 4.79 Å². The molecule has 1 rings (SSSR count). The Labute approximate surface area is 85.8 Å². The van der Waals surface area contributed by atoms with Crippen molar-refractivity contribution in [1.29, 1.82) is 0 Å². The van der Waals surface area contributed by atoms with Gasteiger partial charge in [0.15, 0.2) is 0 Å². The van der Waals surface area contributed by atoms with Gasteiger partial charge in [0.2, 0.25) is 0 Å². The van der Waals surface area contributed by atoms with Crippen LogP contribution in [0.2, 0.25) is 0 Å². The quantitative estimate of drug-likeness (QED) is 0.651. The molecule has 0 N–H and O–H groups in total. The van der Waals surface area contributed by atoms with E-state index in [0.29, 0.717) is 12.5 Å². The van der Waals surface area contributed by atoms with Crippen LogP contribution >= 0.6 is 0 Å². The summed E-state index contributed by atoms with van der Waals surface area (Å²) >= 11 is 0. The zero-order chi connectivity index (χ0) is 10.6. The Kier molecular flexibility index (Phi) is 3.93. The van der Waals surface area contributed by atoms with Gasteiger partial charge in [0, 0.05) is 12.5 Å². The molecule has 1 aliphatic rings. The highest BCUT2D eigenvalue weighted by Crippen LogP contribution is 2.22. The Balaban J connectivity index is 2.26. The Morgan fingerprint density at radius 1 is 1.57 bits per heavy atom. The van der Waals surface area contributed by atoms with Crippen molar-refractivity contribution in [2.75, 3.05) is 19.8 Å². The number of carbonyl (C=O) groups is 1. The molecule has 0 spiro atoms. The largest absolute Gasteiger partial charge is 0.465 e. The first-order chi connectivity index (χ1) is 6.56. The molecule has 1 aliphatic heterocycles. The fraction of sp³-hybridized carbons (Fsp3) is 0.909. The second kappa shape index (κ2) is 4.78. The van der Waals surface area contributed by atoms with Crippen LogP contribution in [0.15, 0.2) is 0 Å². The summed E-state index contributed by atoms with van der Waals surface area (Å²) in [5, 5.41) is 0. The first kappa shape index (κ1) is 11.5. The molecule has 1 unspecified atom stereocenters. The molecule has 1 heterocycles. The molecule has 0 radical (unpaired) electrons. The van der Waals surface area contributed by atoms with Crippen LogP contribution in [0, 0.1) is 11.3 Å². The highest BCUT2D eigenvalue weighted by molar-refractivity contribution is 5.75. The molecule has 0 aliphatic carbocycles. The molecule has 1 saturated heterocycles. The minimum Gasteiger partial charge on any atom is -0.465 e. The first-order valence-electron chi connectivity index (χ1n) is 5.31. The van der Waals surface area contributed by atoms with Gasteiger partial charge in [0.1, 0.15) is 0 Å². The van der Waals surface area contributed by atoms with Crippen LogP contribution in [0.25, 0.3) is 0 Å². The van der Waals surface area contributed by atoms with Crippen LogP contribution < -0.4 is 0 Å². The van der Waals surface area contributed by atoms with E-state index >= 15 is 0 Å². The average molecular weight is 200 g/mol. The van der Waals surface area contributed by atoms with Gasteiger partial charge in [-0.1, -0.05) is 6.92 Å². The smallest absolute Gasteiger partial charge is 0.311 e. The molecule has 3 nitrogen and oxygen atoms in total. The number of rotatable bonds is 4. The van der Waals surface area contributed by atoms with E-state index in [1.807, 2.05) is 20.8 Å². The van der Waals surface area contributed by atoms with E-state index in [9.17, 15) is 4.79 Å². The van der Waals surface area contributed by atoms with Crippen molar-refractivity contribution in [3.8, 4) is 0 Å². The normalized spacial score (nSPS) is 22.4. The van der Waals surface area contributed by atoms with Crippen molar-refractivity contribution in [3.63, 3.8) is 0 Å². The van der Waals surface area contributed by atoms with E-state index in [4.69, 9.17) is 9.47 Å². The van der Waals surface area contributed by atoms with Gasteiger partial charge < -0.3 is 9.47 Å². The lowest BCUT2D eigenvalue weighted by Crippen LogP contribution is -2.27.